The average Bonchev–Trinajstić information content (AvgIpc) is 2.67. The molecule has 0 bridgehead atoms. The van der Waals surface area contributed by atoms with E-state index in [2.05, 4.69) is 10.3 Å². The summed E-state index contributed by atoms with van der Waals surface area (Å²) < 4.78 is 1.63. The first-order valence-corrected chi connectivity index (χ1v) is 10.0. The molecule has 0 radical (unpaired) electrons. The van der Waals surface area contributed by atoms with Gasteiger partial charge in [-0.25, -0.2) is 9.78 Å². The molecule has 1 aromatic heterocycles. The van der Waals surface area contributed by atoms with Gasteiger partial charge in [-0.05, 0) is 44.9 Å². The van der Waals surface area contributed by atoms with Crippen LogP contribution in [0, 0.1) is 0 Å². The van der Waals surface area contributed by atoms with Crippen LogP contribution in [-0.2, 0) is 6.54 Å². The second-order valence-corrected chi connectivity index (χ2v) is 7.69. The molecule has 146 valence electrons. The molecular weight excluding hydrogens is 364 g/mol. The van der Waals surface area contributed by atoms with Gasteiger partial charge in [0.15, 0.2) is 0 Å². The molecule has 1 aliphatic carbocycles. The predicted molar refractivity (Wildman–Crippen MR) is 108 cm³/mol. The van der Waals surface area contributed by atoms with Crippen molar-refractivity contribution in [3.8, 4) is 0 Å². The van der Waals surface area contributed by atoms with Crippen LogP contribution >= 0.6 is 11.6 Å². The van der Waals surface area contributed by atoms with Gasteiger partial charge in [0.25, 0.3) is 5.56 Å². The van der Waals surface area contributed by atoms with E-state index in [1.165, 1.54) is 6.42 Å². The molecule has 1 unspecified atom stereocenters. The highest BCUT2D eigenvalue weighted by Crippen LogP contribution is 2.22. The van der Waals surface area contributed by atoms with Gasteiger partial charge in [0, 0.05) is 24.7 Å². The van der Waals surface area contributed by atoms with E-state index in [-0.39, 0.29) is 23.7 Å². The van der Waals surface area contributed by atoms with Crippen molar-refractivity contribution in [2.75, 3.05) is 7.05 Å². The van der Waals surface area contributed by atoms with Crippen LogP contribution in [0.4, 0.5) is 4.79 Å². The zero-order valence-corrected chi connectivity index (χ0v) is 16.9. The Morgan fingerprint density at radius 2 is 2.07 bits per heavy atom. The lowest BCUT2D eigenvalue weighted by molar-refractivity contribution is 0.183. The Bertz CT molecular complexity index is 889. The molecule has 3 rings (SSSR count). The summed E-state index contributed by atoms with van der Waals surface area (Å²) in [5.41, 5.74) is 0.447. The van der Waals surface area contributed by atoms with Gasteiger partial charge in [-0.2, -0.15) is 0 Å². The van der Waals surface area contributed by atoms with Crippen LogP contribution < -0.4 is 10.9 Å². The Hall–Kier alpha value is -2.08. The molecule has 2 amide bonds. The zero-order valence-electron chi connectivity index (χ0n) is 16.2. The van der Waals surface area contributed by atoms with E-state index in [0.717, 1.165) is 25.7 Å². The standard InChI is InChI=1S/C20H27ClN4O2/c1-4-25-18(23-17-12-14(21)10-11-16(17)19(25)26)13(2)24(3)20(27)22-15-8-6-5-7-9-15/h10-13,15H,4-9H2,1-3H3,(H,22,27). The summed E-state index contributed by atoms with van der Waals surface area (Å²) in [6.07, 6.45) is 5.62. The molecule has 0 aliphatic heterocycles. The molecule has 2 aromatic rings. The summed E-state index contributed by atoms with van der Waals surface area (Å²) in [5, 5.41) is 4.19. The summed E-state index contributed by atoms with van der Waals surface area (Å²) in [4.78, 5) is 31.9. The Kier molecular flexibility index (Phi) is 6.05. The first-order valence-electron chi connectivity index (χ1n) is 9.65. The van der Waals surface area contributed by atoms with Crippen molar-refractivity contribution in [3.05, 3.63) is 39.4 Å². The molecule has 1 fully saturated rings. The summed E-state index contributed by atoms with van der Waals surface area (Å²) in [5.74, 6) is 0.568. The van der Waals surface area contributed by atoms with Crippen molar-refractivity contribution in [2.45, 2.75) is 64.6 Å². The summed E-state index contributed by atoms with van der Waals surface area (Å²) in [6.45, 7) is 4.29. The number of carbonyl (C=O) groups excluding carboxylic acids is 1. The van der Waals surface area contributed by atoms with Crippen LogP contribution in [0.1, 0.15) is 57.8 Å². The van der Waals surface area contributed by atoms with Crippen LogP contribution in [0.25, 0.3) is 10.9 Å². The molecule has 6 nitrogen and oxygen atoms in total. The number of hydrogen-bond acceptors (Lipinski definition) is 3. The Morgan fingerprint density at radius 1 is 1.37 bits per heavy atom. The van der Waals surface area contributed by atoms with Crippen LogP contribution in [0.15, 0.2) is 23.0 Å². The number of amides is 2. The summed E-state index contributed by atoms with van der Waals surface area (Å²) >= 11 is 6.07. The number of fused-ring (bicyclic) bond motifs is 1. The van der Waals surface area contributed by atoms with Crippen LogP contribution in [0.2, 0.25) is 5.02 Å². The topological polar surface area (TPSA) is 67.2 Å². The van der Waals surface area contributed by atoms with Gasteiger partial charge in [0.2, 0.25) is 0 Å². The smallest absolute Gasteiger partial charge is 0.317 e. The lowest BCUT2D eigenvalue weighted by atomic mass is 9.96. The van der Waals surface area contributed by atoms with Gasteiger partial charge in [0.05, 0.1) is 16.9 Å². The maximum absolute atomic E-state index is 12.9. The number of carbonyl (C=O) groups is 1. The fourth-order valence-electron chi connectivity index (χ4n) is 3.71. The third kappa shape index (κ3) is 4.10. The van der Waals surface area contributed by atoms with Crippen molar-refractivity contribution in [2.24, 2.45) is 0 Å². The van der Waals surface area contributed by atoms with E-state index in [1.54, 1.807) is 34.7 Å². The molecule has 1 aromatic carbocycles. The maximum Gasteiger partial charge on any atom is 0.317 e. The summed E-state index contributed by atoms with van der Waals surface area (Å²) in [7, 11) is 1.75. The minimum atomic E-state index is -0.343. The molecule has 1 saturated carbocycles. The van der Waals surface area contributed by atoms with Gasteiger partial charge in [-0.3, -0.25) is 9.36 Å². The number of nitrogens with one attached hydrogen (secondary N) is 1. The highest BCUT2D eigenvalue weighted by atomic mass is 35.5. The number of halogens is 1. The fourth-order valence-corrected chi connectivity index (χ4v) is 3.87. The van der Waals surface area contributed by atoms with Crippen molar-refractivity contribution < 1.29 is 4.79 Å². The molecule has 0 saturated heterocycles. The zero-order chi connectivity index (χ0) is 19.6. The van der Waals surface area contributed by atoms with Gasteiger partial charge >= 0.3 is 6.03 Å². The predicted octanol–water partition coefficient (Wildman–Crippen LogP) is 4.10. The van der Waals surface area contributed by atoms with E-state index >= 15 is 0 Å². The highest BCUT2D eigenvalue weighted by Gasteiger charge is 2.25. The van der Waals surface area contributed by atoms with Crippen molar-refractivity contribution >= 4 is 28.5 Å². The molecule has 1 aliphatic rings. The SMILES string of the molecule is CCn1c(C(C)N(C)C(=O)NC2CCCCC2)nc2cc(Cl)ccc2c1=O. The Labute approximate surface area is 164 Å². The normalized spacial score (nSPS) is 16.3. The number of hydrogen-bond donors (Lipinski definition) is 1. The lowest BCUT2D eigenvalue weighted by Crippen LogP contribution is -2.45. The fraction of sp³-hybridized carbons (Fsp3) is 0.550. The van der Waals surface area contributed by atoms with E-state index in [1.807, 2.05) is 13.8 Å². The number of urea groups is 1. The lowest BCUT2D eigenvalue weighted by Gasteiger charge is -2.30. The van der Waals surface area contributed by atoms with E-state index in [9.17, 15) is 9.59 Å². The second kappa shape index (κ2) is 8.30. The van der Waals surface area contributed by atoms with Crippen molar-refractivity contribution in [1.82, 2.24) is 19.8 Å². The monoisotopic (exact) mass is 390 g/mol. The number of benzene rings is 1. The molecule has 1 heterocycles. The van der Waals surface area contributed by atoms with Gasteiger partial charge in [0.1, 0.15) is 5.82 Å². The average molecular weight is 391 g/mol. The Balaban J connectivity index is 1.90. The van der Waals surface area contributed by atoms with Gasteiger partial charge < -0.3 is 10.2 Å². The first-order chi connectivity index (χ1) is 12.9. The van der Waals surface area contributed by atoms with Gasteiger partial charge in [-0.15, -0.1) is 0 Å². The van der Waals surface area contributed by atoms with Crippen LogP contribution in [0.5, 0.6) is 0 Å². The van der Waals surface area contributed by atoms with E-state index in [4.69, 9.17) is 11.6 Å². The maximum atomic E-state index is 12.9. The van der Waals surface area contributed by atoms with E-state index < -0.39 is 0 Å². The molecule has 7 heteroatoms. The largest absolute Gasteiger partial charge is 0.335 e. The number of aromatic nitrogens is 2. The molecule has 1 atom stereocenters. The van der Waals surface area contributed by atoms with E-state index in [0.29, 0.717) is 28.3 Å². The number of nitrogens with zero attached hydrogens (tertiary/aromatic N) is 3. The summed E-state index contributed by atoms with van der Waals surface area (Å²) in [6, 6.07) is 4.85. The molecule has 27 heavy (non-hydrogen) atoms. The van der Waals surface area contributed by atoms with Crippen LogP contribution in [-0.4, -0.2) is 33.6 Å². The van der Waals surface area contributed by atoms with Gasteiger partial charge in [-0.1, -0.05) is 30.9 Å². The molecular formula is C20H27ClN4O2. The quantitative estimate of drug-likeness (QED) is 0.854. The van der Waals surface area contributed by atoms with Crippen LogP contribution in [0.3, 0.4) is 0 Å². The molecule has 1 N–H and O–H groups in total. The van der Waals surface area contributed by atoms with Crippen molar-refractivity contribution in [3.63, 3.8) is 0 Å². The third-order valence-corrected chi connectivity index (χ3v) is 5.71. The molecule has 0 spiro atoms. The number of rotatable bonds is 4. The first kappa shape index (κ1) is 19.7. The highest BCUT2D eigenvalue weighted by molar-refractivity contribution is 6.31. The van der Waals surface area contributed by atoms with Crippen molar-refractivity contribution in [1.29, 1.82) is 0 Å². The second-order valence-electron chi connectivity index (χ2n) is 7.25. The third-order valence-electron chi connectivity index (χ3n) is 5.47. The minimum Gasteiger partial charge on any atom is -0.335 e. The Morgan fingerprint density at radius 3 is 2.74 bits per heavy atom. The minimum absolute atomic E-state index is 0.109.